The summed E-state index contributed by atoms with van der Waals surface area (Å²) in [4.78, 5) is 11.1. The average Bonchev–Trinajstić information content (AvgIpc) is 2.17. The third-order valence-electron chi connectivity index (χ3n) is 2.34. The lowest BCUT2D eigenvalue weighted by Crippen LogP contribution is -2.44. The largest absolute Gasteiger partial charge is 0.480 e. The highest BCUT2D eigenvalue weighted by Gasteiger charge is 2.34. The van der Waals surface area contributed by atoms with Crippen LogP contribution >= 0.6 is 15.9 Å². The minimum atomic E-state index is -1.06. The number of halogens is 1. The first-order chi connectivity index (χ1) is 6.52. The summed E-state index contributed by atoms with van der Waals surface area (Å²) in [5.74, 6) is -0.896. The molecule has 1 unspecified atom stereocenters. The fraction of sp³-hybridized carbons (Fsp3) is 0.300. The van der Waals surface area contributed by atoms with Crippen LogP contribution < -0.4 is 5.32 Å². The van der Waals surface area contributed by atoms with Crippen molar-refractivity contribution < 1.29 is 9.90 Å². The van der Waals surface area contributed by atoms with Crippen molar-refractivity contribution in [2.45, 2.75) is 12.5 Å². The predicted octanol–water partition coefficient (Wildman–Crippen LogP) is 1.97. The van der Waals surface area contributed by atoms with E-state index in [0.717, 1.165) is 10.0 Å². The van der Waals surface area contributed by atoms with Gasteiger partial charge < -0.3 is 10.4 Å². The van der Waals surface area contributed by atoms with Gasteiger partial charge in [0, 0.05) is 4.47 Å². The van der Waals surface area contributed by atoms with Gasteiger partial charge in [-0.3, -0.25) is 0 Å². The highest BCUT2D eigenvalue weighted by molar-refractivity contribution is 9.10. The van der Waals surface area contributed by atoms with Crippen molar-refractivity contribution in [1.29, 1.82) is 0 Å². The van der Waals surface area contributed by atoms with Gasteiger partial charge in [0.2, 0.25) is 0 Å². The van der Waals surface area contributed by atoms with Crippen molar-refractivity contribution in [2.75, 3.05) is 7.05 Å². The molecule has 0 aliphatic carbocycles. The number of hydrogen-bond donors (Lipinski definition) is 2. The number of hydrogen-bond acceptors (Lipinski definition) is 2. The van der Waals surface area contributed by atoms with Crippen LogP contribution in [0.3, 0.4) is 0 Å². The lowest BCUT2D eigenvalue weighted by Gasteiger charge is -2.25. The summed E-state index contributed by atoms with van der Waals surface area (Å²) in [6, 6.07) is 7.28. The normalized spacial score (nSPS) is 14.8. The molecule has 76 valence electrons. The predicted molar refractivity (Wildman–Crippen MR) is 58.2 cm³/mol. The molecule has 14 heavy (non-hydrogen) atoms. The molecule has 0 bridgehead atoms. The molecule has 2 N–H and O–H groups in total. The molecular formula is C10H12BrNO2. The van der Waals surface area contributed by atoms with Crippen LogP contribution in [0.1, 0.15) is 12.5 Å². The van der Waals surface area contributed by atoms with E-state index < -0.39 is 11.5 Å². The minimum Gasteiger partial charge on any atom is -0.480 e. The number of likely N-dealkylation sites (N-methyl/N-ethyl adjacent to an activating group) is 1. The van der Waals surface area contributed by atoms with E-state index in [9.17, 15) is 4.79 Å². The van der Waals surface area contributed by atoms with Crippen LogP contribution in [0.2, 0.25) is 0 Å². The zero-order valence-corrected chi connectivity index (χ0v) is 9.63. The summed E-state index contributed by atoms with van der Waals surface area (Å²) in [5.41, 5.74) is -0.338. The number of aliphatic carboxylic acids is 1. The van der Waals surface area contributed by atoms with E-state index in [1.165, 1.54) is 0 Å². The summed E-state index contributed by atoms with van der Waals surface area (Å²) >= 11 is 3.34. The lowest BCUT2D eigenvalue weighted by molar-refractivity contribution is -0.144. The molecule has 3 nitrogen and oxygen atoms in total. The Balaban J connectivity index is 3.26. The molecule has 0 radical (unpaired) electrons. The van der Waals surface area contributed by atoms with Crippen molar-refractivity contribution in [2.24, 2.45) is 0 Å². The van der Waals surface area contributed by atoms with E-state index in [1.807, 2.05) is 18.2 Å². The first-order valence-electron chi connectivity index (χ1n) is 4.19. The third-order valence-corrected chi connectivity index (χ3v) is 3.03. The molecule has 1 aromatic rings. The van der Waals surface area contributed by atoms with Crippen molar-refractivity contribution >= 4 is 21.9 Å². The van der Waals surface area contributed by atoms with Crippen LogP contribution in [0.25, 0.3) is 0 Å². The molecule has 0 fully saturated rings. The maximum absolute atomic E-state index is 11.1. The number of benzene rings is 1. The molecule has 1 aromatic carbocycles. The Morgan fingerprint density at radius 3 is 2.50 bits per heavy atom. The molecule has 4 heteroatoms. The molecule has 1 atom stereocenters. The summed E-state index contributed by atoms with van der Waals surface area (Å²) in [6.45, 7) is 1.63. The molecule has 0 aromatic heterocycles. The summed E-state index contributed by atoms with van der Waals surface area (Å²) in [5, 5.41) is 11.9. The summed E-state index contributed by atoms with van der Waals surface area (Å²) in [7, 11) is 1.63. The molecule has 0 aliphatic heterocycles. The number of carbonyl (C=O) groups is 1. The smallest absolute Gasteiger partial charge is 0.328 e. The second-order valence-corrected chi connectivity index (χ2v) is 4.01. The van der Waals surface area contributed by atoms with Crippen LogP contribution in [0.5, 0.6) is 0 Å². The van der Waals surface area contributed by atoms with Crippen molar-refractivity contribution in [3.63, 3.8) is 0 Å². The monoisotopic (exact) mass is 257 g/mol. The van der Waals surface area contributed by atoms with Crippen LogP contribution in [-0.2, 0) is 10.3 Å². The van der Waals surface area contributed by atoms with Gasteiger partial charge >= 0.3 is 5.97 Å². The third kappa shape index (κ3) is 1.81. The van der Waals surface area contributed by atoms with E-state index in [0.29, 0.717) is 0 Å². The Kier molecular flexibility index (Phi) is 3.29. The molecule has 1 rings (SSSR count). The minimum absolute atomic E-state index is 0.718. The van der Waals surface area contributed by atoms with Crippen LogP contribution in [0.15, 0.2) is 28.7 Å². The van der Waals surface area contributed by atoms with Crippen LogP contribution in [0.4, 0.5) is 0 Å². The van der Waals surface area contributed by atoms with Gasteiger partial charge in [-0.15, -0.1) is 0 Å². The maximum Gasteiger partial charge on any atom is 0.328 e. The second kappa shape index (κ2) is 4.11. The van der Waals surface area contributed by atoms with Crippen molar-refractivity contribution in [1.82, 2.24) is 5.32 Å². The van der Waals surface area contributed by atoms with Gasteiger partial charge in [0.05, 0.1) is 0 Å². The highest BCUT2D eigenvalue weighted by atomic mass is 79.9. The SMILES string of the molecule is CNC(C)(C(=O)O)c1ccccc1Br. The average molecular weight is 258 g/mol. The second-order valence-electron chi connectivity index (χ2n) is 3.16. The van der Waals surface area contributed by atoms with E-state index in [1.54, 1.807) is 20.0 Å². The van der Waals surface area contributed by atoms with Crippen LogP contribution in [0, 0.1) is 0 Å². The standard InChI is InChI=1S/C10H12BrNO2/c1-10(12-2,9(13)14)7-5-3-4-6-8(7)11/h3-6,12H,1-2H3,(H,13,14). The lowest BCUT2D eigenvalue weighted by atomic mass is 9.92. The highest BCUT2D eigenvalue weighted by Crippen LogP contribution is 2.27. The molecule has 0 amide bonds. The molecule has 0 saturated carbocycles. The Morgan fingerprint density at radius 2 is 2.07 bits per heavy atom. The molecular weight excluding hydrogens is 246 g/mol. The zero-order valence-electron chi connectivity index (χ0n) is 8.04. The maximum atomic E-state index is 11.1. The Labute approximate surface area is 91.3 Å². The number of carboxylic acids is 1. The fourth-order valence-corrected chi connectivity index (χ4v) is 1.90. The molecule has 0 heterocycles. The fourth-order valence-electron chi connectivity index (χ4n) is 1.22. The van der Waals surface area contributed by atoms with Crippen LogP contribution in [-0.4, -0.2) is 18.1 Å². The van der Waals surface area contributed by atoms with Gasteiger partial charge in [0.1, 0.15) is 5.54 Å². The first kappa shape index (κ1) is 11.2. The summed E-state index contributed by atoms with van der Waals surface area (Å²) < 4.78 is 0.791. The van der Waals surface area contributed by atoms with Gasteiger partial charge in [0.25, 0.3) is 0 Å². The number of nitrogens with one attached hydrogen (secondary N) is 1. The Morgan fingerprint density at radius 1 is 1.50 bits per heavy atom. The van der Waals surface area contributed by atoms with E-state index in [2.05, 4.69) is 21.2 Å². The van der Waals surface area contributed by atoms with Gasteiger partial charge in [-0.05, 0) is 25.6 Å². The topological polar surface area (TPSA) is 49.3 Å². The van der Waals surface area contributed by atoms with Gasteiger partial charge in [-0.1, -0.05) is 34.1 Å². The van der Waals surface area contributed by atoms with E-state index in [-0.39, 0.29) is 0 Å². The number of rotatable bonds is 3. The Bertz CT molecular complexity index is 354. The molecule has 0 saturated heterocycles. The van der Waals surface area contributed by atoms with Crippen molar-refractivity contribution in [3.05, 3.63) is 34.3 Å². The van der Waals surface area contributed by atoms with Crippen molar-refractivity contribution in [3.8, 4) is 0 Å². The zero-order chi connectivity index (χ0) is 10.8. The quantitative estimate of drug-likeness (QED) is 0.871. The van der Waals surface area contributed by atoms with Gasteiger partial charge in [-0.25, -0.2) is 4.79 Å². The molecule has 0 spiro atoms. The number of carboxylic acid groups (broad SMARTS) is 1. The van der Waals surface area contributed by atoms with Gasteiger partial charge in [-0.2, -0.15) is 0 Å². The van der Waals surface area contributed by atoms with E-state index in [4.69, 9.17) is 5.11 Å². The summed E-state index contributed by atoms with van der Waals surface area (Å²) in [6.07, 6.45) is 0. The first-order valence-corrected chi connectivity index (χ1v) is 4.99. The Hall–Kier alpha value is -0.870. The van der Waals surface area contributed by atoms with E-state index >= 15 is 0 Å². The molecule has 0 aliphatic rings. The van der Waals surface area contributed by atoms with Gasteiger partial charge in [0.15, 0.2) is 0 Å².